The molecule has 8 nitrogen and oxygen atoms in total. The third-order valence-corrected chi connectivity index (χ3v) is 4.57. The van der Waals surface area contributed by atoms with Crippen LogP contribution in [0.1, 0.15) is 28.9 Å². The van der Waals surface area contributed by atoms with Crippen molar-refractivity contribution in [1.82, 2.24) is 10.3 Å². The Morgan fingerprint density at radius 1 is 1.18 bits per heavy atom. The van der Waals surface area contributed by atoms with Gasteiger partial charge in [0.25, 0.3) is 11.6 Å². The number of nitro groups is 1. The molecule has 28 heavy (non-hydrogen) atoms. The molecule has 2 aromatic carbocycles. The van der Waals surface area contributed by atoms with Crippen molar-refractivity contribution in [1.29, 1.82) is 0 Å². The zero-order valence-electron chi connectivity index (χ0n) is 15.6. The second-order valence-electron chi connectivity index (χ2n) is 6.46. The highest BCUT2D eigenvalue weighted by molar-refractivity contribution is 5.96. The highest BCUT2D eigenvalue weighted by Crippen LogP contribution is 2.23. The van der Waals surface area contributed by atoms with Gasteiger partial charge in [-0.05, 0) is 18.6 Å². The molecule has 0 aromatic heterocycles. The van der Waals surface area contributed by atoms with E-state index in [4.69, 9.17) is 4.74 Å². The lowest BCUT2D eigenvalue weighted by atomic mass is 10.0. The van der Waals surface area contributed by atoms with E-state index >= 15 is 0 Å². The quantitative estimate of drug-likeness (QED) is 0.471. The molecule has 1 fully saturated rings. The first-order chi connectivity index (χ1) is 13.6. The third-order valence-electron chi connectivity index (χ3n) is 4.57. The van der Waals surface area contributed by atoms with Crippen LogP contribution in [0, 0.1) is 10.1 Å². The molecule has 0 unspecified atom stereocenters. The molecular formula is C20H22N4O4. The minimum atomic E-state index is -0.533. The van der Waals surface area contributed by atoms with Gasteiger partial charge < -0.3 is 4.74 Å². The molecule has 3 rings (SSSR count). The molecule has 1 N–H and O–H groups in total. The molecule has 0 saturated carbocycles. The molecule has 1 aliphatic heterocycles. The number of non-ortho nitro benzene ring substituents is 1. The highest BCUT2D eigenvalue weighted by Gasteiger charge is 2.25. The van der Waals surface area contributed by atoms with E-state index in [1.807, 2.05) is 37.3 Å². The molecule has 1 amide bonds. The molecule has 0 spiro atoms. The molecule has 1 aliphatic rings. The van der Waals surface area contributed by atoms with E-state index in [0.29, 0.717) is 13.2 Å². The third kappa shape index (κ3) is 4.79. The molecule has 8 heteroatoms. The van der Waals surface area contributed by atoms with Crippen LogP contribution in [0.5, 0.6) is 0 Å². The minimum Gasteiger partial charge on any atom is -0.379 e. The number of morpholine rings is 1. The summed E-state index contributed by atoms with van der Waals surface area (Å²) in [6.07, 6.45) is 0. The Morgan fingerprint density at radius 3 is 2.57 bits per heavy atom. The molecule has 146 valence electrons. The van der Waals surface area contributed by atoms with Crippen molar-refractivity contribution in [2.45, 2.75) is 13.0 Å². The zero-order valence-corrected chi connectivity index (χ0v) is 15.6. The summed E-state index contributed by atoms with van der Waals surface area (Å²) in [4.78, 5) is 25.0. The molecule has 0 aliphatic carbocycles. The Balaban J connectivity index is 1.79. The monoisotopic (exact) mass is 382 g/mol. The summed E-state index contributed by atoms with van der Waals surface area (Å²) in [5.41, 5.74) is 4.38. The van der Waals surface area contributed by atoms with Gasteiger partial charge in [0.15, 0.2) is 0 Å². The van der Waals surface area contributed by atoms with Crippen molar-refractivity contribution in [3.8, 4) is 0 Å². The number of rotatable bonds is 6. The van der Waals surface area contributed by atoms with E-state index in [2.05, 4.69) is 15.4 Å². The van der Waals surface area contributed by atoms with Crippen molar-refractivity contribution >= 4 is 17.3 Å². The Labute approximate surface area is 163 Å². The first-order valence-corrected chi connectivity index (χ1v) is 9.02. The van der Waals surface area contributed by atoms with Gasteiger partial charge in [-0.1, -0.05) is 36.4 Å². The number of nitrogens with one attached hydrogen (secondary N) is 1. The number of nitrogens with zero attached hydrogens (tertiary/aromatic N) is 3. The fourth-order valence-corrected chi connectivity index (χ4v) is 3.21. The number of nitro benzene ring substituents is 1. The maximum Gasteiger partial charge on any atom is 0.271 e. The van der Waals surface area contributed by atoms with Gasteiger partial charge in [-0.3, -0.25) is 19.8 Å². The van der Waals surface area contributed by atoms with Crippen LogP contribution >= 0.6 is 0 Å². The molecule has 0 bridgehead atoms. The molecule has 1 heterocycles. The van der Waals surface area contributed by atoms with E-state index in [1.165, 1.54) is 24.3 Å². The van der Waals surface area contributed by atoms with Crippen LogP contribution in [0.25, 0.3) is 0 Å². The molecule has 2 aromatic rings. The Hall–Kier alpha value is -3.10. The smallest absolute Gasteiger partial charge is 0.271 e. The van der Waals surface area contributed by atoms with Gasteiger partial charge in [0, 0.05) is 30.8 Å². The summed E-state index contributed by atoms with van der Waals surface area (Å²) in [5.74, 6) is -0.489. The van der Waals surface area contributed by atoms with E-state index < -0.39 is 10.8 Å². The average Bonchev–Trinajstić information content (AvgIpc) is 2.74. The Bertz CT molecular complexity index is 864. The van der Waals surface area contributed by atoms with Crippen LogP contribution in [0.4, 0.5) is 5.69 Å². The molecular weight excluding hydrogens is 360 g/mol. The lowest BCUT2D eigenvalue weighted by molar-refractivity contribution is -0.384. The fourth-order valence-electron chi connectivity index (χ4n) is 3.21. The van der Waals surface area contributed by atoms with Gasteiger partial charge in [-0.25, -0.2) is 5.43 Å². The van der Waals surface area contributed by atoms with Crippen molar-refractivity contribution in [2.75, 3.05) is 26.3 Å². The maximum absolute atomic E-state index is 12.4. The summed E-state index contributed by atoms with van der Waals surface area (Å²) in [6, 6.07) is 15.4. The van der Waals surface area contributed by atoms with Gasteiger partial charge in [-0.15, -0.1) is 0 Å². The van der Waals surface area contributed by atoms with Gasteiger partial charge in [0.05, 0.1) is 29.9 Å². The van der Waals surface area contributed by atoms with E-state index in [9.17, 15) is 14.9 Å². The number of hydrogen-bond donors (Lipinski definition) is 1. The van der Waals surface area contributed by atoms with Crippen molar-refractivity contribution in [2.24, 2.45) is 5.10 Å². The number of amides is 1. The fraction of sp³-hybridized carbons (Fsp3) is 0.300. The zero-order chi connectivity index (χ0) is 19.9. The number of benzene rings is 2. The van der Waals surface area contributed by atoms with E-state index in [0.717, 1.165) is 24.4 Å². The van der Waals surface area contributed by atoms with Crippen LogP contribution in [0.3, 0.4) is 0 Å². The number of carbonyl (C=O) groups is 1. The summed E-state index contributed by atoms with van der Waals surface area (Å²) in [7, 11) is 0. The Kier molecular flexibility index (Phi) is 6.46. The highest BCUT2D eigenvalue weighted by atomic mass is 16.6. The van der Waals surface area contributed by atoms with Gasteiger partial charge in [0.1, 0.15) is 0 Å². The van der Waals surface area contributed by atoms with Gasteiger partial charge >= 0.3 is 0 Å². The maximum atomic E-state index is 12.4. The first-order valence-electron chi connectivity index (χ1n) is 9.02. The topological polar surface area (TPSA) is 97.1 Å². The minimum absolute atomic E-state index is 0.0875. The number of hydrazone groups is 1. The van der Waals surface area contributed by atoms with Crippen molar-refractivity contribution in [3.05, 3.63) is 75.8 Å². The largest absolute Gasteiger partial charge is 0.379 e. The van der Waals surface area contributed by atoms with Crippen LogP contribution in [0.15, 0.2) is 59.7 Å². The molecule has 1 saturated heterocycles. The Morgan fingerprint density at radius 2 is 1.89 bits per heavy atom. The standard InChI is InChI=1S/C20H22N4O4/c1-15(21-22-20(25)17-8-5-9-18(14-17)24(26)27)19(16-6-3-2-4-7-16)23-10-12-28-13-11-23/h2-9,14,19H,10-13H2,1H3,(H,22,25)/b21-15-/t19-/m0/s1. The lowest BCUT2D eigenvalue weighted by Gasteiger charge is -2.34. The second-order valence-corrected chi connectivity index (χ2v) is 6.46. The second kappa shape index (κ2) is 9.20. The number of ether oxygens (including phenoxy) is 1. The van der Waals surface area contributed by atoms with E-state index in [-0.39, 0.29) is 17.3 Å². The average molecular weight is 382 g/mol. The number of hydrogen-bond acceptors (Lipinski definition) is 6. The normalized spacial score (nSPS) is 16.4. The SMILES string of the molecule is C/C(=N/NC(=O)c1cccc([N+](=O)[O-])c1)[C@@H](c1ccccc1)N1CCOCC1. The summed E-state index contributed by atoms with van der Waals surface area (Å²) in [6.45, 7) is 4.70. The van der Waals surface area contributed by atoms with Crippen LogP contribution in [0.2, 0.25) is 0 Å². The lowest BCUT2D eigenvalue weighted by Crippen LogP contribution is -2.42. The van der Waals surface area contributed by atoms with Gasteiger partial charge in [0.2, 0.25) is 0 Å². The summed E-state index contributed by atoms with van der Waals surface area (Å²) >= 11 is 0. The number of carbonyl (C=O) groups excluding carboxylic acids is 1. The predicted molar refractivity (Wildman–Crippen MR) is 105 cm³/mol. The van der Waals surface area contributed by atoms with Crippen molar-refractivity contribution in [3.63, 3.8) is 0 Å². The van der Waals surface area contributed by atoms with Crippen LogP contribution < -0.4 is 5.43 Å². The van der Waals surface area contributed by atoms with E-state index in [1.54, 1.807) is 0 Å². The summed E-state index contributed by atoms with van der Waals surface area (Å²) < 4.78 is 5.45. The first kappa shape index (κ1) is 19.7. The van der Waals surface area contributed by atoms with Crippen molar-refractivity contribution < 1.29 is 14.5 Å². The predicted octanol–water partition coefficient (Wildman–Crippen LogP) is 2.77. The van der Waals surface area contributed by atoms with Gasteiger partial charge in [-0.2, -0.15) is 5.10 Å². The summed E-state index contributed by atoms with van der Waals surface area (Å²) in [5, 5.41) is 15.2. The van der Waals surface area contributed by atoms with Crippen LogP contribution in [-0.4, -0.2) is 47.7 Å². The molecule has 1 atom stereocenters. The molecule has 0 radical (unpaired) electrons. The van der Waals surface area contributed by atoms with Crippen LogP contribution in [-0.2, 0) is 4.74 Å².